The molecular formula is C8H7NOS. The first-order chi connectivity index (χ1) is 5.25. The molecule has 0 aliphatic rings. The minimum absolute atomic E-state index is 0.0891. The van der Waals surface area contributed by atoms with Crippen LogP contribution in [-0.2, 0) is 0 Å². The van der Waals surface area contributed by atoms with Crippen LogP contribution in [0.15, 0.2) is 16.8 Å². The van der Waals surface area contributed by atoms with Gasteiger partial charge < -0.3 is 0 Å². The van der Waals surface area contributed by atoms with E-state index >= 15 is 0 Å². The van der Waals surface area contributed by atoms with Gasteiger partial charge in [0.1, 0.15) is 5.92 Å². The monoisotopic (exact) mass is 165 g/mol. The molecule has 1 aromatic heterocycles. The number of hydrogen-bond donors (Lipinski definition) is 0. The molecule has 0 aliphatic heterocycles. The van der Waals surface area contributed by atoms with E-state index in [0.717, 1.165) is 0 Å². The summed E-state index contributed by atoms with van der Waals surface area (Å²) in [6.07, 6.45) is 0. The summed E-state index contributed by atoms with van der Waals surface area (Å²) >= 11 is 1.47. The normalized spacial score (nSPS) is 12.0. The molecule has 56 valence electrons. The van der Waals surface area contributed by atoms with Crippen LogP contribution >= 0.6 is 11.3 Å². The van der Waals surface area contributed by atoms with Crippen molar-refractivity contribution >= 4 is 17.1 Å². The molecule has 2 nitrogen and oxygen atoms in total. The number of nitriles is 1. The van der Waals surface area contributed by atoms with Crippen molar-refractivity contribution in [2.45, 2.75) is 6.92 Å². The summed E-state index contributed by atoms with van der Waals surface area (Å²) in [6, 6.07) is 3.64. The standard InChI is InChI=1S/C8H7NOS/c1-6(4-9)8(10)7-2-3-11-5-7/h2-3,5-6H,1H3/t6-/m1/s1. The number of rotatable bonds is 2. The van der Waals surface area contributed by atoms with Gasteiger partial charge in [0.25, 0.3) is 0 Å². The van der Waals surface area contributed by atoms with Gasteiger partial charge in [-0.25, -0.2) is 0 Å². The van der Waals surface area contributed by atoms with Gasteiger partial charge in [0, 0.05) is 10.9 Å². The van der Waals surface area contributed by atoms with Gasteiger partial charge in [-0.2, -0.15) is 16.6 Å². The summed E-state index contributed by atoms with van der Waals surface area (Å²) in [6.45, 7) is 1.61. The molecule has 0 aliphatic carbocycles. The van der Waals surface area contributed by atoms with Gasteiger partial charge >= 0.3 is 0 Å². The van der Waals surface area contributed by atoms with Crippen LogP contribution in [0.2, 0.25) is 0 Å². The van der Waals surface area contributed by atoms with Crippen LogP contribution in [0.4, 0.5) is 0 Å². The molecule has 1 heterocycles. The van der Waals surface area contributed by atoms with Crippen molar-refractivity contribution in [2.24, 2.45) is 5.92 Å². The highest BCUT2D eigenvalue weighted by Crippen LogP contribution is 2.11. The van der Waals surface area contributed by atoms with Crippen molar-refractivity contribution in [3.63, 3.8) is 0 Å². The van der Waals surface area contributed by atoms with E-state index in [1.807, 2.05) is 11.4 Å². The van der Waals surface area contributed by atoms with Crippen LogP contribution in [0, 0.1) is 17.2 Å². The second kappa shape index (κ2) is 3.31. The van der Waals surface area contributed by atoms with E-state index in [1.54, 1.807) is 18.4 Å². The van der Waals surface area contributed by atoms with Gasteiger partial charge in [0.05, 0.1) is 6.07 Å². The van der Waals surface area contributed by atoms with Crippen molar-refractivity contribution in [3.8, 4) is 6.07 Å². The van der Waals surface area contributed by atoms with Gasteiger partial charge in [-0.15, -0.1) is 0 Å². The fourth-order valence-corrected chi connectivity index (χ4v) is 1.36. The molecule has 11 heavy (non-hydrogen) atoms. The molecule has 1 aromatic rings. The summed E-state index contributed by atoms with van der Waals surface area (Å²) in [7, 11) is 0. The second-order valence-electron chi connectivity index (χ2n) is 2.23. The number of ketones is 1. The molecule has 0 bridgehead atoms. The number of Topliss-reactive ketones (excluding diaryl/α,β-unsaturated/α-hetero) is 1. The zero-order chi connectivity index (χ0) is 8.27. The first kappa shape index (κ1) is 7.96. The lowest BCUT2D eigenvalue weighted by Gasteiger charge is -1.96. The highest BCUT2D eigenvalue weighted by Gasteiger charge is 2.13. The van der Waals surface area contributed by atoms with E-state index in [0.29, 0.717) is 5.56 Å². The molecule has 0 radical (unpaired) electrons. The zero-order valence-electron chi connectivity index (χ0n) is 6.07. The third kappa shape index (κ3) is 1.66. The summed E-state index contributed by atoms with van der Waals surface area (Å²) in [5, 5.41) is 12.0. The lowest BCUT2D eigenvalue weighted by atomic mass is 10.0. The number of carbonyl (C=O) groups excluding carboxylic acids is 1. The Kier molecular flexibility index (Phi) is 2.40. The van der Waals surface area contributed by atoms with Gasteiger partial charge in [0.2, 0.25) is 0 Å². The first-order valence-electron chi connectivity index (χ1n) is 3.21. The smallest absolute Gasteiger partial charge is 0.180 e. The predicted molar refractivity (Wildman–Crippen MR) is 43.4 cm³/mol. The van der Waals surface area contributed by atoms with E-state index in [1.165, 1.54) is 11.3 Å². The molecule has 0 unspecified atom stereocenters. The molecule has 1 rings (SSSR count). The Morgan fingerprint density at radius 2 is 2.55 bits per heavy atom. The van der Waals surface area contributed by atoms with Crippen LogP contribution < -0.4 is 0 Å². The molecule has 1 atom stereocenters. The molecule has 3 heteroatoms. The van der Waals surface area contributed by atoms with E-state index in [4.69, 9.17) is 5.26 Å². The van der Waals surface area contributed by atoms with E-state index in [2.05, 4.69) is 0 Å². The molecule has 0 aromatic carbocycles. The second-order valence-corrected chi connectivity index (χ2v) is 3.01. The van der Waals surface area contributed by atoms with Crippen LogP contribution in [0.5, 0.6) is 0 Å². The van der Waals surface area contributed by atoms with Crippen LogP contribution in [0.25, 0.3) is 0 Å². The molecule has 0 N–H and O–H groups in total. The van der Waals surface area contributed by atoms with Crippen molar-refractivity contribution in [3.05, 3.63) is 22.4 Å². The largest absolute Gasteiger partial charge is 0.293 e. The summed E-state index contributed by atoms with van der Waals surface area (Å²) in [5.74, 6) is -0.613. The van der Waals surface area contributed by atoms with Crippen LogP contribution in [-0.4, -0.2) is 5.78 Å². The molecule has 0 spiro atoms. The molecular weight excluding hydrogens is 158 g/mol. The predicted octanol–water partition coefficient (Wildman–Crippen LogP) is 2.09. The minimum atomic E-state index is -0.524. The molecule has 0 amide bonds. The van der Waals surface area contributed by atoms with E-state index in [9.17, 15) is 4.79 Å². The average Bonchev–Trinajstić information content (AvgIpc) is 2.53. The van der Waals surface area contributed by atoms with Crippen molar-refractivity contribution in [1.82, 2.24) is 0 Å². The van der Waals surface area contributed by atoms with Gasteiger partial charge in [0.15, 0.2) is 5.78 Å². The van der Waals surface area contributed by atoms with Gasteiger partial charge in [-0.05, 0) is 18.4 Å². The fourth-order valence-electron chi connectivity index (χ4n) is 0.713. The third-order valence-electron chi connectivity index (χ3n) is 1.39. The number of hydrogen-bond acceptors (Lipinski definition) is 3. The minimum Gasteiger partial charge on any atom is -0.293 e. The Morgan fingerprint density at radius 3 is 3.00 bits per heavy atom. The Hall–Kier alpha value is -1.14. The van der Waals surface area contributed by atoms with Crippen LogP contribution in [0.3, 0.4) is 0 Å². The SMILES string of the molecule is C[C@H](C#N)C(=O)c1ccsc1. The molecule has 0 fully saturated rings. The lowest BCUT2D eigenvalue weighted by Crippen LogP contribution is -2.07. The van der Waals surface area contributed by atoms with Gasteiger partial charge in [-0.1, -0.05) is 0 Å². The Morgan fingerprint density at radius 1 is 1.82 bits per heavy atom. The zero-order valence-corrected chi connectivity index (χ0v) is 6.89. The molecule has 0 saturated heterocycles. The van der Waals surface area contributed by atoms with Crippen molar-refractivity contribution in [2.75, 3.05) is 0 Å². The maximum Gasteiger partial charge on any atom is 0.180 e. The summed E-state index contributed by atoms with van der Waals surface area (Å²) in [4.78, 5) is 11.2. The molecule has 0 saturated carbocycles. The fraction of sp³-hybridized carbons (Fsp3) is 0.250. The highest BCUT2D eigenvalue weighted by atomic mass is 32.1. The van der Waals surface area contributed by atoms with Crippen molar-refractivity contribution < 1.29 is 4.79 Å². The summed E-state index contributed by atoms with van der Waals surface area (Å²) < 4.78 is 0. The Bertz CT molecular complexity index is 284. The number of nitrogens with zero attached hydrogens (tertiary/aromatic N) is 1. The third-order valence-corrected chi connectivity index (χ3v) is 2.08. The first-order valence-corrected chi connectivity index (χ1v) is 4.16. The number of thiophene rings is 1. The number of carbonyl (C=O) groups is 1. The highest BCUT2D eigenvalue weighted by molar-refractivity contribution is 7.08. The van der Waals surface area contributed by atoms with Gasteiger partial charge in [-0.3, -0.25) is 4.79 Å². The maximum atomic E-state index is 11.2. The lowest BCUT2D eigenvalue weighted by molar-refractivity contribution is 0.0957. The van der Waals surface area contributed by atoms with Crippen molar-refractivity contribution in [1.29, 1.82) is 5.26 Å². The quantitative estimate of drug-likeness (QED) is 0.629. The Labute approximate surface area is 69.1 Å². The van der Waals surface area contributed by atoms with E-state index < -0.39 is 5.92 Å². The Balaban J connectivity index is 2.81. The average molecular weight is 165 g/mol. The van der Waals surface area contributed by atoms with Crippen LogP contribution in [0.1, 0.15) is 17.3 Å². The summed E-state index contributed by atoms with van der Waals surface area (Å²) in [5.41, 5.74) is 0.643. The van der Waals surface area contributed by atoms with E-state index in [-0.39, 0.29) is 5.78 Å². The topological polar surface area (TPSA) is 40.9 Å². The maximum absolute atomic E-state index is 11.2.